The van der Waals surface area contributed by atoms with Crippen LogP contribution in [-0.4, -0.2) is 19.7 Å². The van der Waals surface area contributed by atoms with E-state index < -0.39 is 0 Å². The standard InChI is InChI=1S/C15H15N5/c1-11-3-2-4-14(18-11)9-20-10-17-15(19-20)12-5-7-13(16)8-6-12/h2-8,10H,9,16H2,1H3. The minimum Gasteiger partial charge on any atom is -0.399 e. The number of nitrogens with zero attached hydrogens (tertiary/aromatic N) is 4. The normalized spacial score (nSPS) is 10.7. The molecule has 0 unspecified atom stereocenters. The van der Waals surface area contributed by atoms with Gasteiger partial charge in [0.25, 0.3) is 0 Å². The van der Waals surface area contributed by atoms with Crippen LogP contribution in [0, 0.1) is 6.92 Å². The van der Waals surface area contributed by atoms with Crippen molar-refractivity contribution in [3.8, 4) is 11.4 Å². The van der Waals surface area contributed by atoms with E-state index in [1.165, 1.54) is 0 Å². The van der Waals surface area contributed by atoms with Gasteiger partial charge in [0.2, 0.25) is 0 Å². The summed E-state index contributed by atoms with van der Waals surface area (Å²) in [5.74, 6) is 0.692. The highest BCUT2D eigenvalue weighted by atomic mass is 15.3. The average Bonchev–Trinajstić information content (AvgIpc) is 2.88. The van der Waals surface area contributed by atoms with Crippen molar-refractivity contribution in [2.75, 3.05) is 5.73 Å². The Balaban J connectivity index is 1.82. The Morgan fingerprint density at radius 2 is 1.90 bits per heavy atom. The quantitative estimate of drug-likeness (QED) is 0.738. The number of hydrogen-bond donors (Lipinski definition) is 1. The molecule has 3 aromatic rings. The second-order valence-corrected chi connectivity index (χ2v) is 4.66. The summed E-state index contributed by atoms with van der Waals surface area (Å²) in [6.07, 6.45) is 1.72. The fraction of sp³-hybridized carbons (Fsp3) is 0.133. The van der Waals surface area contributed by atoms with Gasteiger partial charge in [-0.1, -0.05) is 6.07 Å². The molecular weight excluding hydrogens is 250 g/mol. The fourth-order valence-corrected chi connectivity index (χ4v) is 1.99. The molecule has 0 amide bonds. The first kappa shape index (κ1) is 12.3. The van der Waals surface area contributed by atoms with Gasteiger partial charge in [0.1, 0.15) is 6.33 Å². The summed E-state index contributed by atoms with van der Waals surface area (Å²) < 4.78 is 1.79. The Kier molecular flexibility index (Phi) is 3.16. The molecule has 2 N–H and O–H groups in total. The molecule has 2 heterocycles. The van der Waals surface area contributed by atoms with Gasteiger partial charge in [0.05, 0.1) is 12.2 Å². The number of hydrogen-bond acceptors (Lipinski definition) is 4. The second kappa shape index (κ2) is 5.13. The smallest absolute Gasteiger partial charge is 0.181 e. The van der Waals surface area contributed by atoms with Crippen LogP contribution in [0.15, 0.2) is 48.8 Å². The summed E-state index contributed by atoms with van der Waals surface area (Å²) >= 11 is 0. The van der Waals surface area contributed by atoms with Gasteiger partial charge < -0.3 is 5.73 Å². The first-order valence-corrected chi connectivity index (χ1v) is 6.38. The van der Waals surface area contributed by atoms with Crippen molar-refractivity contribution >= 4 is 5.69 Å². The molecule has 2 aromatic heterocycles. The molecule has 0 saturated heterocycles. The van der Waals surface area contributed by atoms with E-state index in [1.54, 1.807) is 11.0 Å². The topological polar surface area (TPSA) is 69.6 Å². The van der Waals surface area contributed by atoms with Crippen molar-refractivity contribution in [3.63, 3.8) is 0 Å². The zero-order valence-electron chi connectivity index (χ0n) is 11.2. The zero-order chi connectivity index (χ0) is 13.9. The summed E-state index contributed by atoms with van der Waals surface area (Å²) in [6.45, 7) is 2.59. The molecule has 0 aliphatic rings. The largest absolute Gasteiger partial charge is 0.399 e. The summed E-state index contributed by atoms with van der Waals surface area (Å²) in [6, 6.07) is 13.5. The van der Waals surface area contributed by atoms with Crippen LogP contribution in [-0.2, 0) is 6.54 Å². The maximum Gasteiger partial charge on any atom is 0.181 e. The Labute approximate surface area is 117 Å². The SMILES string of the molecule is Cc1cccc(Cn2cnc(-c3ccc(N)cc3)n2)n1. The van der Waals surface area contributed by atoms with Crippen molar-refractivity contribution in [2.45, 2.75) is 13.5 Å². The van der Waals surface area contributed by atoms with E-state index >= 15 is 0 Å². The highest BCUT2D eigenvalue weighted by Crippen LogP contribution is 2.16. The first-order chi connectivity index (χ1) is 9.70. The molecule has 5 heteroatoms. The predicted molar refractivity (Wildman–Crippen MR) is 77.9 cm³/mol. The molecule has 100 valence electrons. The van der Waals surface area contributed by atoms with E-state index in [9.17, 15) is 0 Å². The van der Waals surface area contributed by atoms with Gasteiger partial charge >= 0.3 is 0 Å². The Morgan fingerprint density at radius 1 is 1.10 bits per heavy atom. The molecule has 0 spiro atoms. The lowest BCUT2D eigenvalue weighted by Crippen LogP contribution is -2.03. The molecule has 5 nitrogen and oxygen atoms in total. The van der Waals surface area contributed by atoms with E-state index in [1.807, 2.05) is 49.4 Å². The number of aromatic nitrogens is 4. The average molecular weight is 265 g/mol. The maximum atomic E-state index is 5.67. The van der Waals surface area contributed by atoms with Gasteiger partial charge in [-0.2, -0.15) is 5.10 Å². The van der Waals surface area contributed by atoms with Crippen molar-refractivity contribution in [1.29, 1.82) is 0 Å². The number of rotatable bonds is 3. The van der Waals surface area contributed by atoms with E-state index in [0.717, 1.165) is 22.6 Å². The zero-order valence-corrected chi connectivity index (χ0v) is 11.2. The number of pyridine rings is 1. The number of nitrogens with two attached hydrogens (primary N) is 1. The van der Waals surface area contributed by atoms with Crippen LogP contribution in [0.3, 0.4) is 0 Å². The molecule has 0 atom stereocenters. The van der Waals surface area contributed by atoms with E-state index in [-0.39, 0.29) is 0 Å². The van der Waals surface area contributed by atoms with Gasteiger partial charge in [-0.05, 0) is 43.3 Å². The van der Waals surface area contributed by atoms with Crippen molar-refractivity contribution in [2.24, 2.45) is 0 Å². The number of anilines is 1. The molecule has 0 bridgehead atoms. The molecule has 0 saturated carbocycles. The van der Waals surface area contributed by atoms with Gasteiger partial charge in [-0.15, -0.1) is 0 Å². The van der Waals surface area contributed by atoms with Crippen molar-refractivity contribution in [1.82, 2.24) is 19.7 Å². The number of nitrogen functional groups attached to an aromatic ring is 1. The Morgan fingerprint density at radius 3 is 2.65 bits per heavy atom. The first-order valence-electron chi connectivity index (χ1n) is 6.38. The summed E-state index contributed by atoms with van der Waals surface area (Å²) in [7, 11) is 0. The summed E-state index contributed by atoms with van der Waals surface area (Å²) in [5, 5.41) is 4.46. The predicted octanol–water partition coefficient (Wildman–Crippen LogP) is 2.28. The van der Waals surface area contributed by atoms with Gasteiger partial charge in [-0.3, -0.25) is 4.98 Å². The summed E-state index contributed by atoms with van der Waals surface area (Å²) in [5.41, 5.74) is 9.33. The fourth-order valence-electron chi connectivity index (χ4n) is 1.99. The third-order valence-corrected chi connectivity index (χ3v) is 2.98. The lowest BCUT2D eigenvalue weighted by atomic mass is 10.2. The minimum absolute atomic E-state index is 0.615. The third kappa shape index (κ3) is 2.66. The second-order valence-electron chi connectivity index (χ2n) is 4.66. The number of benzene rings is 1. The minimum atomic E-state index is 0.615. The van der Waals surface area contributed by atoms with Crippen LogP contribution in [0.4, 0.5) is 5.69 Å². The summed E-state index contributed by atoms with van der Waals surface area (Å²) in [4.78, 5) is 8.77. The van der Waals surface area contributed by atoms with Crippen molar-refractivity contribution < 1.29 is 0 Å². The molecule has 0 aliphatic carbocycles. The Hall–Kier alpha value is -2.69. The van der Waals surface area contributed by atoms with Crippen LogP contribution >= 0.6 is 0 Å². The van der Waals surface area contributed by atoms with Crippen LogP contribution < -0.4 is 5.73 Å². The highest BCUT2D eigenvalue weighted by molar-refractivity contribution is 5.57. The van der Waals surface area contributed by atoms with Crippen LogP contribution in [0.2, 0.25) is 0 Å². The monoisotopic (exact) mass is 265 g/mol. The van der Waals surface area contributed by atoms with E-state index in [4.69, 9.17) is 5.73 Å². The molecule has 3 rings (SSSR count). The lowest BCUT2D eigenvalue weighted by Gasteiger charge is -2.01. The molecule has 0 aliphatic heterocycles. The molecule has 0 radical (unpaired) electrons. The highest BCUT2D eigenvalue weighted by Gasteiger charge is 2.05. The Bertz CT molecular complexity index is 715. The third-order valence-electron chi connectivity index (χ3n) is 2.98. The van der Waals surface area contributed by atoms with Gasteiger partial charge in [0, 0.05) is 16.9 Å². The lowest BCUT2D eigenvalue weighted by molar-refractivity contribution is 0.671. The molecular formula is C15H15N5. The molecule has 0 fully saturated rings. The van der Waals surface area contributed by atoms with Gasteiger partial charge in [0.15, 0.2) is 5.82 Å². The molecule has 20 heavy (non-hydrogen) atoms. The van der Waals surface area contributed by atoms with Crippen LogP contribution in [0.1, 0.15) is 11.4 Å². The molecule has 1 aromatic carbocycles. The van der Waals surface area contributed by atoms with Crippen LogP contribution in [0.25, 0.3) is 11.4 Å². The van der Waals surface area contributed by atoms with E-state index in [2.05, 4.69) is 15.1 Å². The van der Waals surface area contributed by atoms with Gasteiger partial charge in [-0.25, -0.2) is 9.67 Å². The van der Waals surface area contributed by atoms with Crippen molar-refractivity contribution in [3.05, 3.63) is 60.2 Å². The number of aryl methyl sites for hydroxylation is 1. The van der Waals surface area contributed by atoms with E-state index in [0.29, 0.717) is 12.4 Å². The van der Waals surface area contributed by atoms with Crippen LogP contribution in [0.5, 0.6) is 0 Å². The maximum absolute atomic E-state index is 5.67.